The molecule has 1 amide bonds. The third-order valence-corrected chi connectivity index (χ3v) is 4.71. The molecular formula is C16H19ClN4O2S. The molecule has 8 heteroatoms. The smallest absolute Gasteiger partial charge is 0.241 e. The molecule has 0 bridgehead atoms. The maximum absolute atomic E-state index is 11.9. The number of thioether (sulfide) groups is 1. The van der Waals surface area contributed by atoms with Crippen molar-refractivity contribution in [1.29, 1.82) is 0 Å². The first-order valence-corrected chi connectivity index (χ1v) is 9.50. The highest BCUT2D eigenvalue weighted by Gasteiger charge is 2.22. The number of hydrogen-bond donors (Lipinski definition) is 0. The molecule has 24 heavy (non-hydrogen) atoms. The molecule has 1 aromatic heterocycles. The number of rotatable bonds is 5. The van der Waals surface area contributed by atoms with Crippen LogP contribution >= 0.6 is 23.4 Å². The lowest BCUT2D eigenvalue weighted by atomic mass is 10.2. The van der Waals surface area contributed by atoms with E-state index >= 15 is 0 Å². The molecule has 0 atom stereocenters. The van der Waals surface area contributed by atoms with E-state index in [1.165, 1.54) is 0 Å². The van der Waals surface area contributed by atoms with Gasteiger partial charge in [-0.1, -0.05) is 16.8 Å². The summed E-state index contributed by atoms with van der Waals surface area (Å²) in [5.41, 5.74) is 0.877. The largest absolute Gasteiger partial charge is 0.339 e. The van der Waals surface area contributed by atoms with E-state index in [0.717, 1.165) is 31.7 Å². The Hall–Kier alpha value is -1.57. The molecule has 0 saturated carbocycles. The van der Waals surface area contributed by atoms with Gasteiger partial charge in [-0.05, 0) is 30.5 Å². The molecular weight excluding hydrogens is 348 g/mol. The van der Waals surface area contributed by atoms with E-state index in [4.69, 9.17) is 16.1 Å². The van der Waals surface area contributed by atoms with E-state index < -0.39 is 0 Å². The summed E-state index contributed by atoms with van der Waals surface area (Å²) in [6.45, 7) is 3.73. The summed E-state index contributed by atoms with van der Waals surface area (Å²) in [7, 11) is 0. The third-order valence-electron chi connectivity index (χ3n) is 3.92. The van der Waals surface area contributed by atoms with Gasteiger partial charge in [0.2, 0.25) is 17.6 Å². The molecule has 1 fully saturated rings. The van der Waals surface area contributed by atoms with Gasteiger partial charge in [0.1, 0.15) is 0 Å². The average Bonchev–Trinajstić information content (AvgIpc) is 3.05. The van der Waals surface area contributed by atoms with Crippen LogP contribution in [0.1, 0.15) is 5.89 Å². The quantitative estimate of drug-likeness (QED) is 0.809. The van der Waals surface area contributed by atoms with Crippen LogP contribution in [0.25, 0.3) is 11.4 Å². The number of benzene rings is 1. The van der Waals surface area contributed by atoms with Gasteiger partial charge in [0.25, 0.3) is 0 Å². The van der Waals surface area contributed by atoms with Crippen molar-refractivity contribution in [1.82, 2.24) is 19.9 Å². The number of piperazine rings is 1. The van der Waals surface area contributed by atoms with Gasteiger partial charge >= 0.3 is 0 Å². The number of nitrogens with zero attached hydrogens (tertiary/aromatic N) is 4. The second kappa shape index (κ2) is 8.00. The highest BCUT2D eigenvalue weighted by molar-refractivity contribution is 7.99. The van der Waals surface area contributed by atoms with Crippen molar-refractivity contribution in [2.45, 2.75) is 6.54 Å². The molecule has 0 N–H and O–H groups in total. The molecule has 0 aliphatic carbocycles. The molecule has 0 unspecified atom stereocenters. The van der Waals surface area contributed by atoms with Crippen LogP contribution in [0.2, 0.25) is 5.02 Å². The van der Waals surface area contributed by atoms with E-state index in [2.05, 4.69) is 15.0 Å². The van der Waals surface area contributed by atoms with Crippen LogP contribution in [0, 0.1) is 0 Å². The summed E-state index contributed by atoms with van der Waals surface area (Å²) < 4.78 is 5.35. The first-order valence-electron chi connectivity index (χ1n) is 7.73. The van der Waals surface area contributed by atoms with Crippen LogP contribution in [0.5, 0.6) is 0 Å². The van der Waals surface area contributed by atoms with Gasteiger partial charge in [0.05, 0.1) is 12.3 Å². The van der Waals surface area contributed by atoms with E-state index in [0.29, 0.717) is 29.0 Å². The zero-order valence-electron chi connectivity index (χ0n) is 13.4. The lowest BCUT2D eigenvalue weighted by molar-refractivity contribution is -0.130. The average molecular weight is 367 g/mol. The molecule has 2 aromatic rings. The monoisotopic (exact) mass is 366 g/mol. The molecule has 0 radical (unpaired) electrons. The fourth-order valence-corrected chi connectivity index (χ4v) is 3.15. The van der Waals surface area contributed by atoms with Gasteiger partial charge in [-0.25, -0.2) is 0 Å². The van der Waals surface area contributed by atoms with Gasteiger partial charge < -0.3 is 9.42 Å². The summed E-state index contributed by atoms with van der Waals surface area (Å²) in [5.74, 6) is 1.91. The van der Waals surface area contributed by atoms with E-state index in [1.54, 1.807) is 23.9 Å². The topological polar surface area (TPSA) is 62.5 Å². The fraction of sp³-hybridized carbons (Fsp3) is 0.438. The molecule has 1 aliphatic heterocycles. The Bertz CT molecular complexity index is 684. The van der Waals surface area contributed by atoms with Crippen molar-refractivity contribution in [3.05, 3.63) is 35.2 Å². The number of amides is 1. The van der Waals surface area contributed by atoms with Crippen LogP contribution in [0.4, 0.5) is 0 Å². The van der Waals surface area contributed by atoms with Crippen LogP contribution < -0.4 is 0 Å². The second-order valence-corrected chi connectivity index (χ2v) is 6.91. The van der Waals surface area contributed by atoms with Gasteiger partial charge in [-0.2, -0.15) is 16.7 Å². The molecule has 2 heterocycles. The highest BCUT2D eigenvalue weighted by Crippen LogP contribution is 2.19. The van der Waals surface area contributed by atoms with E-state index in [-0.39, 0.29) is 5.91 Å². The molecule has 1 aliphatic rings. The first kappa shape index (κ1) is 17.3. The van der Waals surface area contributed by atoms with Crippen molar-refractivity contribution in [2.24, 2.45) is 0 Å². The Balaban J connectivity index is 1.54. The van der Waals surface area contributed by atoms with Crippen LogP contribution in [0.15, 0.2) is 28.8 Å². The molecule has 128 valence electrons. The highest BCUT2D eigenvalue weighted by atomic mass is 35.5. The Morgan fingerprint density at radius 1 is 1.25 bits per heavy atom. The number of carbonyl (C=O) groups excluding carboxylic acids is 1. The zero-order valence-corrected chi connectivity index (χ0v) is 15.0. The van der Waals surface area contributed by atoms with Crippen molar-refractivity contribution in [3.8, 4) is 11.4 Å². The predicted octanol–water partition coefficient (Wildman–Crippen LogP) is 2.40. The number of carbonyl (C=O) groups is 1. The SMILES string of the molecule is CSCC(=O)N1CCN(Cc2nc(-c3ccc(Cl)cc3)no2)CC1. The minimum absolute atomic E-state index is 0.213. The minimum Gasteiger partial charge on any atom is -0.339 e. The maximum atomic E-state index is 11.9. The lowest BCUT2D eigenvalue weighted by Gasteiger charge is -2.33. The fourth-order valence-electron chi connectivity index (χ4n) is 2.60. The molecule has 1 aromatic carbocycles. The Morgan fingerprint density at radius 2 is 1.96 bits per heavy atom. The Morgan fingerprint density at radius 3 is 2.62 bits per heavy atom. The standard InChI is InChI=1S/C16H19ClN4O2S/c1-24-11-15(22)21-8-6-20(7-9-21)10-14-18-16(19-23-14)12-2-4-13(17)5-3-12/h2-5H,6-11H2,1H3. The van der Waals surface area contributed by atoms with Crippen LogP contribution in [-0.4, -0.2) is 64.0 Å². The van der Waals surface area contributed by atoms with Crippen molar-refractivity contribution < 1.29 is 9.32 Å². The number of halogens is 1. The summed E-state index contributed by atoms with van der Waals surface area (Å²) in [6.07, 6.45) is 1.95. The van der Waals surface area contributed by atoms with Crippen molar-refractivity contribution in [3.63, 3.8) is 0 Å². The summed E-state index contributed by atoms with van der Waals surface area (Å²) in [6, 6.07) is 7.34. The maximum Gasteiger partial charge on any atom is 0.241 e. The van der Waals surface area contributed by atoms with Crippen molar-refractivity contribution in [2.75, 3.05) is 38.2 Å². The Kier molecular flexibility index (Phi) is 5.76. The van der Waals surface area contributed by atoms with Crippen LogP contribution in [-0.2, 0) is 11.3 Å². The van der Waals surface area contributed by atoms with Crippen LogP contribution in [0.3, 0.4) is 0 Å². The van der Waals surface area contributed by atoms with Gasteiger partial charge in [-0.15, -0.1) is 0 Å². The van der Waals surface area contributed by atoms with Gasteiger partial charge in [0, 0.05) is 36.8 Å². The Labute approximate surface area is 150 Å². The first-order chi connectivity index (χ1) is 11.7. The summed E-state index contributed by atoms with van der Waals surface area (Å²) in [4.78, 5) is 20.5. The molecule has 6 nitrogen and oxygen atoms in total. The lowest BCUT2D eigenvalue weighted by Crippen LogP contribution is -2.48. The number of hydrogen-bond acceptors (Lipinski definition) is 6. The minimum atomic E-state index is 0.213. The van der Waals surface area contributed by atoms with E-state index in [9.17, 15) is 4.79 Å². The van der Waals surface area contributed by atoms with E-state index in [1.807, 2.05) is 23.3 Å². The number of aromatic nitrogens is 2. The van der Waals surface area contributed by atoms with Gasteiger partial charge in [0.15, 0.2) is 0 Å². The summed E-state index contributed by atoms with van der Waals surface area (Å²) in [5, 5.41) is 4.70. The third kappa shape index (κ3) is 4.28. The molecule has 0 spiro atoms. The van der Waals surface area contributed by atoms with Gasteiger partial charge in [-0.3, -0.25) is 9.69 Å². The normalized spacial score (nSPS) is 15.7. The van der Waals surface area contributed by atoms with Crippen molar-refractivity contribution >= 4 is 29.3 Å². The molecule has 1 saturated heterocycles. The summed E-state index contributed by atoms with van der Waals surface area (Å²) >= 11 is 7.45. The zero-order chi connectivity index (χ0) is 16.9. The second-order valence-electron chi connectivity index (χ2n) is 5.61. The predicted molar refractivity (Wildman–Crippen MR) is 95.0 cm³/mol. The molecule has 3 rings (SSSR count).